The number of halogens is 1. The first-order valence-electron chi connectivity index (χ1n) is 4.17. The summed E-state index contributed by atoms with van der Waals surface area (Å²) < 4.78 is 4.90. The molecule has 6 nitrogen and oxygen atoms in total. The summed E-state index contributed by atoms with van der Waals surface area (Å²) in [5, 5.41) is 6.67. The van der Waals surface area contributed by atoms with E-state index < -0.39 is 0 Å². The van der Waals surface area contributed by atoms with E-state index >= 15 is 0 Å². The molecule has 0 radical (unpaired) electrons. The molecule has 3 N–H and O–H groups in total. The molecule has 2 heterocycles. The van der Waals surface area contributed by atoms with Crippen molar-refractivity contribution in [3.05, 3.63) is 29.5 Å². The smallest absolute Gasteiger partial charge is 0.224 e. The molecule has 0 aromatic carbocycles. The fourth-order valence-electron chi connectivity index (χ4n) is 1.02. The third kappa shape index (κ3) is 2.35. The number of nitrogens with one attached hydrogen (secondary N) is 1. The minimum Gasteiger partial charge on any atom is -0.394 e. The largest absolute Gasteiger partial charge is 0.394 e. The molecule has 2 aromatic heterocycles. The van der Waals surface area contributed by atoms with Gasteiger partial charge in [0.05, 0.1) is 24.6 Å². The molecule has 0 bridgehead atoms. The Morgan fingerprint density at radius 1 is 1.53 bits per heavy atom. The van der Waals surface area contributed by atoms with Crippen molar-refractivity contribution in [1.29, 1.82) is 0 Å². The highest BCUT2D eigenvalue weighted by atomic mass is 35.5. The summed E-state index contributed by atoms with van der Waals surface area (Å²) in [5.41, 5.74) is 6.07. The number of nitrogens with zero attached hydrogens (tertiary/aromatic N) is 3. The van der Waals surface area contributed by atoms with E-state index in [-0.39, 0.29) is 5.28 Å². The van der Waals surface area contributed by atoms with Crippen molar-refractivity contribution in [1.82, 2.24) is 15.1 Å². The maximum Gasteiger partial charge on any atom is 0.224 e. The Bertz CT molecular complexity index is 444. The Balaban J connectivity index is 2.07. The van der Waals surface area contributed by atoms with Crippen molar-refractivity contribution >= 4 is 23.1 Å². The van der Waals surface area contributed by atoms with Crippen molar-refractivity contribution < 1.29 is 4.52 Å². The molecule has 2 aromatic rings. The number of rotatable bonds is 3. The van der Waals surface area contributed by atoms with E-state index in [0.717, 1.165) is 0 Å². The van der Waals surface area contributed by atoms with Crippen LogP contribution in [0.2, 0.25) is 5.28 Å². The van der Waals surface area contributed by atoms with Gasteiger partial charge in [-0.05, 0) is 11.6 Å². The van der Waals surface area contributed by atoms with Crippen molar-refractivity contribution in [3.63, 3.8) is 0 Å². The van der Waals surface area contributed by atoms with E-state index in [1.165, 1.54) is 6.20 Å². The van der Waals surface area contributed by atoms with Gasteiger partial charge >= 0.3 is 0 Å². The molecule has 0 aliphatic heterocycles. The van der Waals surface area contributed by atoms with Crippen molar-refractivity contribution in [3.8, 4) is 0 Å². The van der Waals surface area contributed by atoms with Gasteiger partial charge in [-0.1, -0.05) is 5.16 Å². The Morgan fingerprint density at radius 3 is 3.13 bits per heavy atom. The fourth-order valence-corrected chi connectivity index (χ4v) is 1.15. The first kappa shape index (κ1) is 9.72. The number of anilines is 2. The van der Waals surface area contributed by atoms with Crippen LogP contribution in [-0.4, -0.2) is 15.1 Å². The number of aromatic nitrogens is 3. The van der Waals surface area contributed by atoms with Crippen LogP contribution < -0.4 is 11.1 Å². The molecular weight excluding hydrogens is 218 g/mol. The Morgan fingerprint density at radius 2 is 2.40 bits per heavy atom. The highest BCUT2D eigenvalue weighted by molar-refractivity contribution is 6.28. The maximum atomic E-state index is 5.64. The van der Waals surface area contributed by atoms with Gasteiger partial charge in [-0.2, -0.15) is 4.98 Å². The van der Waals surface area contributed by atoms with E-state index in [4.69, 9.17) is 21.9 Å². The summed E-state index contributed by atoms with van der Waals surface area (Å²) in [6.45, 7) is 0.442. The zero-order valence-corrected chi connectivity index (χ0v) is 8.40. The number of hydrogen-bond donors (Lipinski definition) is 2. The molecule has 0 saturated carbocycles. The van der Waals surface area contributed by atoms with Crippen LogP contribution in [0.25, 0.3) is 0 Å². The molecular formula is C8H8ClN5O. The Labute approximate surface area is 90.5 Å². The van der Waals surface area contributed by atoms with Gasteiger partial charge < -0.3 is 15.6 Å². The zero-order valence-electron chi connectivity index (χ0n) is 7.64. The van der Waals surface area contributed by atoms with Crippen LogP contribution in [0.5, 0.6) is 0 Å². The minimum atomic E-state index is 0.143. The molecule has 15 heavy (non-hydrogen) atoms. The quantitative estimate of drug-likeness (QED) is 0.766. The molecule has 0 unspecified atom stereocenters. The maximum absolute atomic E-state index is 5.64. The Kier molecular flexibility index (Phi) is 2.68. The lowest BCUT2D eigenvalue weighted by molar-refractivity contribution is 0.388. The van der Waals surface area contributed by atoms with Gasteiger partial charge in [-0.3, -0.25) is 0 Å². The summed E-state index contributed by atoms with van der Waals surface area (Å²) in [4.78, 5) is 7.67. The SMILES string of the molecule is Nc1cnc(Cl)nc1NCc1ccno1. The van der Waals surface area contributed by atoms with Gasteiger partial charge in [0.25, 0.3) is 0 Å². The van der Waals surface area contributed by atoms with Crippen LogP contribution in [0.3, 0.4) is 0 Å². The lowest BCUT2D eigenvalue weighted by atomic mass is 10.4. The zero-order chi connectivity index (χ0) is 10.7. The Hall–Kier alpha value is -1.82. The second-order valence-corrected chi connectivity index (χ2v) is 3.11. The van der Waals surface area contributed by atoms with Gasteiger partial charge in [0, 0.05) is 6.07 Å². The van der Waals surface area contributed by atoms with Crippen LogP contribution >= 0.6 is 11.6 Å². The molecule has 0 fully saturated rings. The van der Waals surface area contributed by atoms with Crippen LogP contribution in [0.4, 0.5) is 11.5 Å². The molecule has 0 saturated heterocycles. The van der Waals surface area contributed by atoms with E-state index in [1.807, 2.05) is 0 Å². The van der Waals surface area contributed by atoms with Gasteiger partial charge in [0.2, 0.25) is 5.28 Å². The van der Waals surface area contributed by atoms with Crippen LogP contribution in [0.1, 0.15) is 5.76 Å². The summed E-state index contributed by atoms with van der Waals surface area (Å²) >= 11 is 5.62. The highest BCUT2D eigenvalue weighted by Gasteiger charge is 2.03. The van der Waals surface area contributed by atoms with Gasteiger partial charge in [0.1, 0.15) is 0 Å². The van der Waals surface area contributed by atoms with Crippen LogP contribution in [0, 0.1) is 0 Å². The normalized spacial score (nSPS) is 10.2. The van der Waals surface area contributed by atoms with Crippen LogP contribution in [0.15, 0.2) is 23.0 Å². The van der Waals surface area contributed by atoms with Crippen LogP contribution in [-0.2, 0) is 6.54 Å². The predicted molar refractivity (Wildman–Crippen MR) is 55.3 cm³/mol. The number of hydrogen-bond acceptors (Lipinski definition) is 6. The van der Waals surface area contributed by atoms with E-state index in [1.54, 1.807) is 12.3 Å². The number of nitrogens with two attached hydrogens (primary N) is 1. The second-order valence-electron chi connectivity index (χ2n) is 2.78. The lowest BCUT2D eigenvalue weighted by Crippen LogP contribution is -2.04. The molecule has 0 spiro atoms. The molecule has 0 aliphatic rings. The lowest BCUT2D eigenvalue weighted by Gasteiger charge is -2.05. The van der Waals surface area contributed by atoms with Gasteiger partial charge in [-0.25, -0.2) is 4.98 Å². The van der Waals surface area contributed by atoms with Crippen molar-refractivity contribution in [2.24, 2.45) is 0 Å². The summed E-state index contributed by atoms with van der Waals surface area (Å²) in [6, 6.07) is 1.74. The monoisotopic (exact) mass is 225 g/mol. The second kappa shape index (κ2) is 4.14. The van der Waals surface area contributed by atoms with E-state index in [2.05, 4.69) is 20.4 Å². The summed E-state index contributed by atoms with van der Waals surface area (Å²) in [6.07, 6.45) is 3.01. The van der Waals surface area contributed by atoms with Crippen molar-refractivity contribution in [2.75, 3.05) is 11.1 Å². The topological polar surface area (TPSA) is 89.9 Å². The average Bonchev–Trinajstić information content (AvgIpc) is 2.72. The number of nitrogen functional groups attached to an aromatic ring is 1. The van der Waals surface area contributed by atoms with Gasteiger partial charge in [0.15, 0.2) is 11.6 Å². The molecule has 0 amide bonds. The summed E-state index contributed by atoms with van der Waals surface area (Å²) in [7, 11) is 0. The van der Waals surface area contributed by atoms with E-state index in [0.29, 0.717) is 23.8 Å². The molecule has 0 aliphatic carbocycles. The first-order chi connectivity index (χ1) is 7.25. The predicted octanol–water partition coefficient (Wildman–Crippen LogP) is 1.31. The summed E-state index contributed by atoms with van der Waals surface area (Å²) in [5.74, 6) is 1.16. The highest BCUT2D eigenvalue weighted by Crippen LogP contribution is 2.16. The molecule has 0 atom stereocenters. The van der Waals surface area contributed by atoms with Crippen molar-refractivity contribution in [2.45, 2.75) is 6.54 Å². The minimum absolute atomic E-state index is 0.143. The molecule has 78 valence electrons. The third-order valence-corrected chi connectivity index (χ3v) is 1.89. The van der Waals surface area contributed by atoms with E-state index in [9.17, 15) is 0 Å². The average molecular weight is 226 g/mol. The standard InChI is InChI=1S/C8H8ClN5O/c9-8-12-4-6(10)7(14-8)11-3-5-1-2-13-15-5/h1-2,4H,3,10H2,(H,11,12,14). The fraction of sp³-hybridized carbons (Fsp3) is 0.125. The molecule has 7 heteroatoms. The third-order valence-electron chi connectivity index (χ3n) is 1.71. The first-order valence-corrected chi connectivity index (χ1v) is 4.55. The molecule has 2 rings (SSSR count). The van der Waals surface area contributed by atoms with Gasteiger partial charge in [-0.15, -0.1) is 0 Å².